The second kappa shape index (κ2) is 4.13. The van der Waals surface area contributed by atoms with Gasteiger partial charge in [0.15, 0.2) is 5.78 Å². The number of H-pyrrole nitrogens is 1. The lowest BCUT2D eigenvalue weighted by Gasteiger charge is -2.23. The molecule has 1 unspecified atom stereocenters. The molecule has 1 heterocycles. The van der Waals surface area contributed by atoms with Crippen LogP contribution < -0.4 is 0 Å². The van der Waals surface area contributed by atoms with Gasteiger partial charge in [0.25, 0.3) is 0 Å². The Kier molecular flexibility index (Phi) is 2.58. The SMILES string of the molecule is Cc1ccccc1C1CC(=O)c2c(C)c[nH]c2C1. The van der Waals surface area contributed by atoms with Crippen LogP contribution in [0.2, 0.25) is 0 Å². The Morgan fingerprint density at radius 1 is 1.11 bits per heavy atom. The lowest BCUT2D eigenvalue weighted by molar-refractivity contribution is 0.0963. The Balaban J connectivity index is 2.00. The molecule has 2 aromatic rings. The number of nitrogens with one attached hydrogen (secondary N) is 1. The minimum atomic E-state index is 0.281. The van der Waals surface area contributed by atoms with Gasteiger partial charge in [-0.05, 0) is 42.9 Å². The lowest BCUT2D eigenvalue weighted by atomic mass is 9.80. The molecule has 2 heteroatoms. The van der Waals surface area contributed by atoms with Crippen LogP contribution in [0.15, 0.2) is 30.5 Å². The summed E-state index contributed by atoms with van der Waals surface area (Å²) in [5.74, 6) is 0.604. The zero-order valence-corrected chi connectivity index (χ0v) is 10.8. The van der Waals surface area contributed by atoms with Gasteiger partial charge in [0.05, 0.1) is 0 Å². The third-order valence-corrected chi connectivity index (χ3v) is 3.95. The molecule has 0 radical (unpaired) electrons. The van der Waals surface area contributed by atoms with Crippen LogP contribution >= 0.6 is 0 Å². The fraction of sp³-hybridized carbons (Fsp3) is 0.312. The Bertz CT molecular complexity index is 609. The summed E-state index contributed by atoms with van der Waals surface area (Å²) in [6.45, 7) is 4.12. The maximum Gasteiger partial charge on any atom is 0.165 e. The molecule has 1 atom stereocenters. The molecule has 2 nitrogen and oxygen atoms in total. The van der Waals surface area contributed by atoms with Crippen LogP contribution in [0.1, 0.15) is 45.1 Å². The number of Topliss-reactive ketones (excluding diaryl/α,β-unsaturated/α-hetero) is 1. The van der Waals surface area contributed by atoms with Gasteiger partial charge >= 0.3 is 0 Å². The van der Waals surface area contributed by atoms with Crippen molar-refractivity contribution in [3.8, 4) is 0 Å². The topological polar surface area (TPSA) is 32.9 Å². The van der Waals surface area contributed by atoms with Crippen LogP contribution in [-0.2, 0) is 6.42 Å². The Morgan fingerprint density at radius 3 is 2.67 bits per heavy atom. The predicted octanol–water partition coefficient (Wildman–Crippen LogP) is 3.54. The molecule has 0 spiro atoms. The Morgan fingerprint density at radius 2 is 1.89 bits per heavy atom. The molecule has 1 aromatic heterocycles. The van der Waals surface area contributed by atoms with Crippen LogP contribution in [0, 0.1) is 13.8 Å². The quantitative estimate of drug-likeness (QED) is 0.811. The highest BCUT2D eigenvalue weighted by molar-refractivity contribution is 6.00. The molecule has 1 N–H and O–H groups in total. The first kappa shape index (κ1) is 11.3. The average Bonchev–Trinajstić information content (AvgIpc) is 2.72. The smallest absolute Gasteiger partial charge is 0.165 e. The van der Waals surface area contributed by atoms with Gasteiger partial charge in [-0.15, -0.1) is 0 Å². The molecule has 1 aliphatic carbocycles. The van der Waals surface area contributed by atoms with E-state index < -0.39 is 0 Å². The number of rotatable bonds is 1. The molecule has 0 amide bonds. The lowest BCUT2D eigenvalue weighted by Crippen LogP contribution is -2.19. The summed E-state index contributed by atoms with van der Waals surface area (Å²) in [5, 5.41) is 0. The molecule has 3 rings (SSSR count). The highest BCUT2D eigenvalue weighted by Gasteiger charge is 2.29. The van der Waals surface area contributed by atoms with Crippen molar-refractivity contribution in [2.45, 2.75) is 32.6 Å². The molecule has 92 valence electrons. The zero-order valence-electron chi connectivity index (χ0n) is 10.8. The monoisotopic (exact) mass is 239 g/mol. The van der Waals surface area contributed by atoms with Crippen molar-refractivity contribution in [2.75, 3.05) is 0 Å². The zero-order chi connectivity index (χ0) is 12.7. The van der Waals surface area contributed by atoms with Gasteiger partial charge < -0.3 is 4.98 Å². The van der Waals surface area contributed by atoms with Crippen molar-refractivity contribution < 1.29 is 4.79 Å². The largest absolute Gasteiger partial charge is 0.364 e. The number of aromatic amines is 1. The highest BCUT2D eigenvalue weighted by atomic mass is 16.1. The van der Waals surface area contributed by atoms with Gasteiger partial charge in [-0.2, -0.15) is 0 Å². The summed E-state index contributed by atoms with van der Waals surface area (Å²) in [6.07, 6.45) is 3.53. The van der Waals surface area contributed by atoms with Crippen LogP contribution in [0.3, 0.4) is 0 Å². The maximum atomic E-state index is 12.2. The number of carbonyl (C=O) groups is 1. The standard InChI is InChI=1S/C16H17NO/c1-10-5-3-4-6-13(10)12-7-14-16(15(18)8-12)11(2)9-17-14/h3-6,9,12,17H,7-8H2,1-2H3. The molecular formula is C16H17NO. The summed E-state index contributed by atoms with van der Waals surface area (Å²) in [6, 6.07) is 8.37. The Hall–Kier alpha value is -1.83. The van der Waals surface area contributed by atoms with E-state index in [0.29, 0.717) is 12.3 Å². The molecule has 1 aliphatic rings. The number of ketones is 1. The van der Waals surface area contributed by atoms with Gasteiger partial charge in [0.1, 0.15) is 0 Å². The summed E-state index contributed by atoms with van der Waals surface area (Å²) in [7, 11) is 0. The van der Waals surface area contributed by atoms with Crippen LogP contribution in [0.25, 0.3) is 0 Å². The summed E-state index contributed by atoms with van der Waals surface area (Å²) in [4.78, 5) is 15.5. The van der Waals surface area contributed by atoms with E-state index in [0.717, 1.165) is 23.2 Å². The fourth-order valence-electron chi connectivity index (χ4n) is 3.04. The maximum absolute atomic E-state index is 12.2. The Labute approximate surface area is 107 Å². The number of hydrogen-bond donors (Lipinski definition) is 1. The van der Waals surface area contributed by atoms with Gasteiger partial charge in [0.2, 0.25) is 0 Å². The second-order valence-electron chi connectivity index (χ2n) is 5.21. The molecule has 0 aliphatic heterocycles. The summed E-state index contributed by atoms with van der Waals surface area (Å²) in [5.41, 5.74) is 5.71. The number of fused-ring (bicyclic) bond motifs is 1. The van der Waals surface area contributed by atoms with E-state index in [9.17, 15) is 4.79 Å². The van der Waals surface area contributed by atoms with Gasteiger partial charge in [0, 0.05) is 23.9 Å². The summed E-state index contributed by atoms with van der Waals surface area (Å²) < 4.78 is 0. The van der Waals surface area contributed by atoms with E-state index in [1.165, 1.54) is 11.1 Å². The van der Waals surface area contributed by atoms with E-state index in [1.807, 2.05) is 19.2 Å². The summed E-state index contributed by atoms with van der Waals surface area (Å²) >= 11 is 0. The van der Waals surface area contributed by atoms with E-state index in [2.05, 4.69) is 30.1 Å². The van der Waals surface area contributed by atoms with Gasteiger partial charge in [-0.25, -0.2) is 0 Å². The van der Waals surface area contributed by atoms with Crippen molar-refractivity contribution in [2.24, 2.45) is 0 Å². The normalized spacial score (nSPS) is 18.8. The van der Waals surface area contributed by atoms with Crippen molar-refractivity contribution in [1.29, 1.82) is 0 Å². The van der Waals surface area contributed by atoms with E-state index in [1.54, 1.807) is 0 Å². The van der Waals surface area contributed by atoms with E-state index in [-0.39, 0.29) is 5.78 Å². The number of aryl methyl sites for hydroxylation is 2. The van der Waals surface area contributed by atoms with E-state index >= 15 is 0 Å². The first-order valence-electron chi connectivity index (χ1n) is 6.42. The van der Waals surface area contributed by atoms with Crippen molar-refractivity contribution >= 4 is 5.78 Å². The van der Waals surface area contributed by atoms with Crippen molar-refractivity contribution in [3.63, 3.8) is 0 Å². The van der Waals surface area contributed by atoms with Gasteiger partial charge in [-0.3, -0.25) is 4.79 Å². The van der Waals surface area contributed by atoms with Crippen LogP contribution in [-0.4, -0.2) is 10.8 Å². The molecule has 1 aromatic carbocycles. The average molecular weight is 239 g/mol. The molecule has 18 heavy (non-hydrogen) atoms. The highest BCUT2D eigenvalue weighted by Crippen LogP contribution is 2.34. The molecule has 0 fully saturated rings. The molecule has 0 saturated carbocycles. The van der Waals surface area contributed by atoms with Crippen LogP contribution in [0.5, 0.6) is 0 Å². The molecular weight excluding hydrogens is 222 g/mol. The second-order valence-corrected chi connectivity index (χ2v) is 5.21. The molecule has 0 saturated heterocycles. The first-order valence-corrected chi connectivity index (χ1v) is 6.42. The van der Waals surface area contributed by atoms with Crippen molar-refractivity contribution in [3.05, 3.63) is 58.4 Å². The number of benzene rings is 1. The number of aromatic nitrogens is 1. The van der Waals surface area contributed by atoms with E-state index in [4.69, 9.17) is 0 Å². The number of carbonyl (C=O) groups excluding carboxylic acids is 1. The number of hydrogen-bond acceptors (Lipinski definition) is 1. The van der Waals surface area contributed by atoms with Crippen LogP contribution in [0.4, 0.5) is 0 Å². The third-order valence-electron chi connectivity index (χ3n) is 3.95. The minimum Gasteiger partial charge on any atom is -0.364 e. The predicted molar refractivity (Wildman–Crippen MR) is 72.1 cm³/mol. The van der Waals surface area contributed by atoms with Gasteiger partial charge in [-0.1, -0.05) is 24.3 Å². The minimum absolute atomic E-state index is 0.281. The third kappa shape index (κ3) is 1.69. The fourth-order valence-corrected chi connectivity index (χ4v) is 3.04. The molecule has 0 bridgehead atoms. The first-order chi connectivity index (χ1) is 8.66. The van der Waals surface area contributed by atoms with Crippen molar-refractivity contribution in [1.82, 2.24) is 4.98 Å².